The van der Waals surface area contributed by atoms with Crippen LogP contribution in [0.3, 0.4) is 0 Å². The summed E-state index contributed by atoms with van der Waals surface area (Å²) in [5.41, 5.74) is 1.49. The molecule has 0 atom stereocenters. The quantitative estimate of drug-likeness (QED) is 0.846. The summed E-state index contributed by atoms with van der Waals surface area (Å²) in [7, 11) is 2.26. The Balaban J connectivity index is 1.65. The lowest BCUT2D eigenvalue weighted by Crippen LogP contribution is -2.35. The summed E-state index contributed by atoms with van der Waals surface area (Å²) in [6, 6.07) is 2.24. The van der Waals surface area contributed by atoms with E-state index in [1.807, 2.05) is 0 Å². The topological polar surface area (TPSA) is 15.3 Å². The molecule has 1 N–H and O–H groups in total. The molecule has 0 spiro atoms. The number of rotatable bonds is 5. The minimum Gasteiger partial charge on any atom is -0.317 e. The zero-order valence-corrected chi connectivity index (χ0v) is 10.9. The molecule has 1 fully saturated rings. The molecule has 90 valence electrons. The highest BCUT2D eigenvalue weighted by molar-refractivity contribution is 7.07. The van der Waals surface area contributed by atoms with Crippen molar-refractivity contribution in [3.63, 3.8) is 0 Å². The Labute approximate surface area is 103 Å². The van der Waals surface area contributed by atoms with Gasteiger partial charge in [-0.05, 0) is 67.7 Å². The summed E-state index contributed by atoms with van der Waals surface area (Å²) < 4.78 is 0. The van der Waals surface area contributed by atoms with Crippen LogP contribution < -0.4 is 5.32 Å². The van der Waals surface area contributed by atoms with E-state index in [0.29, 0.717) is 0 Å². The molecule has 1 aliphatic rings. The van der Waals surface area contributed by atoms with Crippen LogP contribution in [0.25, 0.3) is 0 Å². The summed E-state index contributed by atoms with van der Waals surface area (Å²) in [5, 5.41) is 7.86. The second-order valence-corrected chi connectivity index (χ2v) is 5.62. The Bertz CT molecular complexity index is 278. The van der Waals surface area contributed by atoms with Gasteiger partial charge in [0.25, 0.3) is 0 Å². The fourth-order valence-electron chi connectivity index (χ4n) is 2.35. The van der Waals surface area contributed by atoms with Crippen LogP contribution >= 0.6 is 11.3 Å². The second-order valence-electron chi connectivity index (χ2n) is 4.84. The van der Waals surface area contributed by atoms with Gasteiger partial charge in [0.2, 0.25) is 0 Å². The second kappa shape index (κ2) is 6.38. The number of thiophene rings is 1. The van der Waals surface area contributed by atoms with Gasteiger partial charge < -0.3 is 10.2 Å². The van der Waals surface area contributed by atoms with Gasteiger partial charge in [0, 0.05) is 13.1 Å². The number of piperidine rings is 1. The summed E-state index contributed by atoms with van der Waals surface area (Å²) in [6.07, 6.45) is 3.90. The fourth-order valence-corrected chi connectivity index (χ4v) is 3.05. The van der Waals surface area contributed by atoms with Crippen molar-refractivity contribution >= 4 is 11.3 Å². The summed E-state index contributed by atoms with van der Waals surface area (Å²) in [6.45, 7) is 4.89. The average Bonchev–Trinajstić information content (AvgIpc) is 2.81. The van der Waals surface area contributed by atoms with Gasteiger partial charge in [-0.25, -0.2) is 0 Å². The lowest BCUT2D eigenvalue weighted by Gasteiger charge is -2.27. The highest BCUT2D eigenvalue weighted by Crippen LogP contribution is 2.13. The third-order valence-corrected chi connectivity index (χ3v) is 4.12. The molecular weight excluding hydrogens is 216 g/mol. The maximum absolute atomic E-state index is 3.43. The Hall–Kier alpha value is -0.380. The number of nitrogens with zero attached hydrogens (tertiary/aromatic N) is 1. The highest BCUT2D eigenvalue weighted by Gasteiger charge is 2.14. The van der Waals surface area contributed by atoms with E-state index < -0.39 is 0 Å². The van der Waals surface area contributed by atoms with Crippen molar-refractivity contribution in [2.45, 2.75) is 19.3 Å². The summed E-state index contributed by atoms with van der Waals surface area (Å²) in [4.78, 5) is 2.49. The Kier molecular flexibility index (Phi) is 4.82. The number of likely N-dealkylation sites (N-methyl/N-ethyl adjacent to an activating group) is 1. The minimum atomic E-state index is 0.911. The van der Waals surface area contributed by atoms with E-state index in [4.69, 9.17) is 0 Å². The Morgan fingerprint density at radius 2 is 2.25 bits per heavy atom. The number of nitrogens with one attached hydrogen (secondary N) is 1. The van der Waals surface area contributed by atoms with Gasteiger partial charge >= 0.3 is 0 Å². The third kappa shape index (κ3) is 3.89. The van der Waals surface area contributed by atoms with Crippen LogP contribution in [-0.2, 0) is 6.42 Å². The minimum absolute atomic E-state index is 0.911. The lowest BCUT2D eigenvalue weighted by atomic mass is 9.97. The van der Waals surface area contributed by atoms with Crippen molar-refractivity contribution in [1.82, 2.24) is 10.2 Å². The first-order chi connectivity index (χ1) is 7.84. The van der Waals surface area contributed by atoms with E-state index >= 15 is 0 Å². The predicted molar refractivity (Wildman–Crippen MR) is 71.1 cm³/mol. The first-order valence-electron chi connectivity index (χ1n) is 6.25. The first-order valence-corrected chi connectivity index (χ1v) is 7.19. The SMILES string of the molecule is CN(CCc1ccsc1)CC1CCNCC1. The first kappa shape index (κ1) is 12.1. The van der Waals surface area contributed by atoms with E-state index in [1.54, 1.807) is 11.3 Å². The van der Waals surface area contributed by atoms with Gasteiger partial charge in [0.15, 0.2) is 0 Å². The van der Waals surface area contributed by atoms with Crippen molar-refractivity contribution < 1.29 is 0 Å². The molecule has 1 aromatic heterocycles. The van der Waals surface area contributed by atoms with Crippen LogP contribution in [-0.4, -0.2) is 38.1 Å². The van der Waals surface area contributed by atoms with Gasteiger partial charge in [-0.15, -0.1) is 0 Å². The van der Waals surface area contributed by atoms with E-state index in [-0.39, 0.29) is 0 Å². The van der Waals surface area contributed by atoms with Crippen LogP contribution in [0.5, 0.6) is 0 Å². The van der Waals surface area contributed by atoms with E-state index in [9.17, 15) is 0 Å². The molecule has 1 saturated heterocycles. The van der Waals surface area contributed by atoms with Crippen LogP contribution in [0.4, 0.5) is 0 Å². The zero-order valence-electron chi connectivity index (χ0n) is 10.1. The van der Waals surface area contributed by atoms with Crippen molar-refractivity contribution in [3.8, 4) is 0 Å². The van der Waals surface area contributed by atoms with Gasteiger partial charge in [-0.1, -0.05) is 0 Å². The zero-order chi connectivity index (χ0) is 11.2. The molecule has 0 saturated carbocycles. The molecule has 1 aliphatic heterocycles. The third-order valence-electron chi connectivity index (χ3n) is 3.39. The molecule has 2 heterocycles. The lowest BCUT2D eigenvalue weighted by molar-refractivity contribution is 0.242. The van der Waals surface area contributed by atoms with Crippen LogP contribution in [0.15, 0.2) is 16.8 Å². The van der Waals surface area contributed by atoms with Gasteiger partial charge in [0.05, 0.1) is 0 Å². The standard InChI is InChI=1S/C13H22N2S/c1-15(8-4-13-5-9-16-11-13)10-12-2-6-14-7-3-12/h5,9,11-12,14H,2-4,6-8,10H2,1H3. The van der Waals surface area contributed by atoms with Gasteiger partial charge in [-0.2, -0.15) is 11.3 Å². The molecule has 16 heavy (non-hydrogen) atoms. The predicted octanol–water partition coefficient (Wildman–Crippen LogP) is 2.22. The molecule has 2 nitrogen and oxygen atoms in total. The van der Waals surface area contributed by atoms with Crippen LogP contribution in [0.1, 0.15) is 18.4 Å². The molecule has 3 heteroatoms. The highest BCUT2D eigenvalue weighted by atomic mass is 32.1. The van der Waals surface area contributed by atoms with Crippen LogP contribution in [0, 0.1) is 5.92 Å². The van der Waals surface area contributed by atoms with E-state index in [2.05, 4.69) is 34.1 Å². The summed E-state index contributed by atoms with van der Waals surface area (Å²) >= 11 is 1.80. The van der Waals surface area contributed by atoms with Crippen molar-refractivity contribution in [1.29, 1.82) is 0 Å². The molecule has 1 aromatic rings. The van der Waals surface area contributed by atoms with Gasteiger partial charge in [0.1, 0.15) is 0 Å². The molecule has 0 radical (unpaired) electrons. The van der Waals surface area contributed by atoms with Gasteiger partial charge in [-0.3, -0.25) is 0 Å². The molecule has 0 amide bonds. The number of hydrogen-bond acceptors (Lipinski definition) is 3. The number of hydrogen-bond donors (Lipinski definition) is 1. The Morgan fingerprint density at radius 3 is 2.94 bits per heavy atom. The maximum atomic E-state index is 3.43. The van der Waals surface area contributed by atoms with E-state index in [1.165, 1.54) is 51.0 Å². The molecule has 2 rings (SSSR count). The molecular formula is C13H22N2S. The maximum Gasteiger partial charge on any atom is 0.00192 e. The van der Waals surface area contributed by atoms with Crippen molar-refractivity contribution in [2.24, 2.45) is 5.92 Å². The Morgan fingerprint density at radius 1 is 1.44 bits per heavy atom. The largest absolute Gasteiger partial charge is 0.317 e. The molecule has 0 aromatic carbocycles. The molecule has 0 unspecified atom stereocenters. The van der Waals surface area contributed by atoms with Crippen LogP contribution in [0.2, 0.25) is 0 Å². The summed E-state index contributed by atoms with van der Waals surface area (Å²) in [5.74, 6) is 0.911. The monoisotopic (exact) mass is 238 g/mol. The van der Waals surface area contributed by atoms with E-state index in [0.717, 1.165) is 5.92 Å². The van der Waals surface area contributed by atoms with Crippen molar-refractivity contribution in [3.05, 3.63) is 22.4 Å². The fraction of sp³-hybridized carbons (Fsp3) is 0.692. The van der Waals surface area contributed by atoms with Crippen molar-refractivity contribution in [2.75, 3.05) is 33.2 Å². The normalized spacial score (nSPS) is 18.1. The average molecular weight is 238 g/mol. The molecule has 0 aliphatic carbocycles. The smallest absolute Gasteiger partial charge is 0.00192 e. The molecule has 0 bridgehead atoms.